The number of ether oxygens (including phenoxy) is 1. The molecule has 0 radical (unpaired) electrons. The van der Waals surface area contributed by atoms with Crippen LogP contribution in [0.3, 0.4) is 0 Å². The van der Waals surface area contributed by atoms with Crippen LogP contribution in [0.4, 0.5) is 17.3 Å². The van der Waals surface area contributed by atoms with Gasteiger partial charge in [-0.15, -0.1) is 0 Å². The molecule has 1 saturated heterocycles. The Bertz CT molecular complexity index is 836. The van der Waals surface area contributed by atoms with Crippen molar-refractivity contribution >= 4 is 28.4 Å². The lowest BCUT2D eigenvalue weighted by atomic mass is 10.2. The summed E-state index contributed by atoms with van der Waals surface area (Å²) in [7, 11) is 0. The highest BCUT2D eigenvalue weighted by atomic mass is 16.5. The third kappa shape index (κ3) is 3.00. The second-order valence-corrected chi connectivity index (χ2v) is 5.90. The summed E-state index contributed by atoms with van der Waals surface area (Å²) >= 11 is 0. The van der Waals surface area contributed by atoms with Gasteiger partial charge in [-0.3, -0.25) is 0 Å². The molecule has 0 amide bonds. The van der Waals surface area contributed by atoms with Crippen LogP contribution in [-0.4, -0.2) is 40.8 Å². The number of pyridine rings is 1. The van der Waals surface area contributed by atoms with Crippen LogP contribution in [0.25, 0.3) is 11.0 Å². The van der Waals surface area contributed by atoms with E-state index in [1.165, 1.54) is 5.69 Å². The SMILES string of the molecule is CC1COCCN1c1ccc(Nc2ncc3cccnc3n2)cc1. The first kappa shape index (κ1) is 14.8. The second kappa shape index (κ2) is 6.41. The molecule has 3 aromatic rings. The highest BCUT2D eigenvalue weighted by Crippen LogP contribution is 2.23. The van der Waals surface area contributed by atoms with Crippen molar-refractivity contribution in [3.8, 4) is 0 Å². The van der Waals surface area contributed by atoms with Crippen molar-refractivity contribution < 1.29 is 4.74 Å². The van der Waals surface area contributed by atoms with E-state index in [-0.39, 0.29) is 0 Å². The molecule has 6 heteroatoms. The first-order valence-corrected chi connectivity index (χ1v) is 8.09. The fourth-order valence-electron chi connectivity index (χ4n) is 2.90. The Kier molecular flexibility index (Phi) is 3.96. The third-order valence-corrected chi connectivity index (χ3v) is 4.18. The minimum absolute atomic E-state index is 0.396. The summed E-state index contributed by atoms with van der Waals surface area (Å²) in [5.74, 6) is 0.550. The summed E-state index contributed by atoms with van der Waals surface area (Å²) in [6.45, 7) is 4.66. The summed E-state index contributed by atoms with van der Waals surface area (Å²) in [6, 6.07) is 12.5. The van der Waals surface area contributed by atoms with Gasteiger partial charge in [0, 0.05) is 41.7 Å². The van der Waals surface area contributed by atoms with Crippen molar-refractivity contribution in [2.24, 2.45) is 0 Å². The van der Waals surface area contributed by atoms with E-state index in [0.717, 1.165) is 30.8 Å². The van der Waals surface area contributed by atoms with Gasteiger partial charge in [0.2, 0.25) is 5.95 Å². The summed E-state index contributed by atoms with van der Waals surface area (Å²) in [5, 5.41) is 4.16. The Hall–Kier alpha value is -2.73. The zero-order chi connectivity index (χ0) is 16.4. The summed E-state index contributed by atoms with van der Waals surface area (Å²) in [4.78, 5) is 15.4. The van der Waals surface area contributed by atoms with Crippen molar-refractivity contribution in [3.05, 3.63) is 48.8 Å². The maximum absolute atomic E-state index is 5.49. The minimum Gasteiger partial charge on any atom is -0.377 e. The zero-order valence-electron chi connectivity index (χ0n) is 13.5. The van der Waals surface area contributed by atoms with Gasteiger partial charge in [-0.25, -0.2) is 9.97 Å². The monoisotopic (exact) mass is 321 g/mol. The van der Waals surface area contributed by atoms with Crippen molar-refractivity contribution in [1.29, 1.82) is 0 Å². The lowest BCUT2D eigenvalue weighted by Gasteiger charge is -2.35. The molecular formula is C18H19N5O. The van der Waals surface area contributed by atoms with Gasteiger partial charge in [0.25, 0.3) is 0 Å². The van der Waals surface area contributed by atoms with E-state index in [0.29, 0.717) is 17.6 Å². The Balaban J connectivity index is 1.52. The van der Waals surface area contributed by atoms with Crippen LogP contribution < -0.4 is 10.2 Å². The number of fused-ring (bicyclic) bond motifs is 1. The Morgan fingerprint density at radius 3 is 2.88 bits per heavy atom. The lowest BCUT2D eigenvalue weighted by Crippen LogP contribution is -2.43. The first-order valence-electron chi connectivity index (χ1n) is 8.09. The van der Waals surface area contributed by atoms with Gasteiger partial charge in [-0.1, -0.05) is 0 Å². The average Bonchev–Trinajstić information content (AvgIpc) is 2.63. The van der Waals surface area contributed by atoms with Crippen molar-refractivity contribution in [3.63, 3.8) is 0 Å². The molecule has 0 saturated carbocycles. The van der Waals surface area contributed by atoms with E-state index in [9.17, 15) is 0 Å². The Labute approximate surface area is 140 Å². The molecule has 3 heterocycles. The van der Waals surface area contributed by atoms with Gasteiger partial charge < -0.3 is 15.0 Å². The number of benzene rings is 1. The fraction of sp³-hybridized carbons (Fsp3) is 0.278. The first-order chi connectivity index (χ1) is 11.8. The van der Waals surface area contributed by atoms with Gasteiger partial charge in [0.15, 0.2) is 5.65 Å². The molecule has 0 spiro atoms. The van der Waals surface area contributed by atoms with Crippen LogP contribution in [0.15, 0.2) is 48.8 Å². The van der Waals surface area contributed by atoms with Crippen molar-refractivity contribution in [1.82, 2.24) is 15.0 Å². The number of hydrogen-bond donors (Lipinski definition) is 1. The van der Waals surface area contributed by atoms with E-state index in [1.54, 1.807) is 12.4 Å². The van der Waals surface area contributed by atoms with Crippen LogP contribution in [0.2, 0.25) is 0 Å². The largest absolute Gasteiger partial charge is 0.377 e. The molecule has 4 rings (SSSR count). The maximum Gasteiger partial charge on any atom is 0.229 e. The summed E-state index contributed by atoms with van der Waals surface area (Å²) in [5.41, 5.74) is 2.85. The van der Waals surface area contributed by atoms with Crippen molar-refractivity contribution in [2.75, 3.05) is 30.0 Å². The number of hydrogen-bond acceptors (Lipinski definition) is 6. The van der Waals surface area contributed by atoms with Crippen LogP contribution in [-0.2, 0) is 4.74 Å². The van der Waals surface area contributed by atoms with E-state index in [4.69, 9.17) is 4.74 Å². The Morgan fingerprint density at radius 2 is 2.04 bits per heavy atom. The molecule has 0 aliphatic carbocycles. The molecule has 6 nitrogen and oxygen atoms in total. The normalized spacial score (nSPS) is 17.9. The third-order valence-electron chi connectivity index (χ3n) is 4.18. The number of nitrogens with zero attached hydrogens (tertiary/aromatic N) is 4. The van der Waals surface area contributed by atoms with E-state index in [2.05, 4.69) is 44.2 Å². The quantitative estimate of drug-likeness (QED) is 0.800. The molecule has 1 aliphatic heterocycles. The second-order valence-electron chi connectivity index (χ2n) is 5.90. The van der Waals surface area contributed by atoms with Crippen LogP contribution in [0.5, 0.6) is 0 Å². The van der Waals surface area contributed by atoms with Gasteiger partial charge in [0.1, 0.15) is 0 Å². The number of aromatic nitrogens is 3. The maximum atomic E-state index is 5.49. The topological polar surface area (TPSA) is 63.2 Å². The predicted octanol–water partition coefficient (Wildman–Crippen LogP) is 2.99. The molecular weight excluding hydrogens is 302 g/mol. The number of anilines is 3. The summed E-state index contributed by atoms with van der Waals surface area (Å²) < 4.78 is 5.49. The number of nitrogens with one attached hydrogen (secondary N) is 1. The predicted molar refractivity (Wildman–Crippen MR) is 94.7 cm³/mol. The highest BCUT2D eigenvalue weighted by molar-refractivity contribution is 5.74. The highest BCUT2D eigenvalue weighted by Gasteiger charge is 2.18. The number of rotatable bonds is 3. The average molecular weight is 321 g/mol. The lowest BCUT2D eigenvalue weighted by molar-refractivity contribution is 0.0989. The minimum atomic E-state index is 0.396. The molecule has 0 bridgehead atoms. The molecule has 1 atom stereocenters. The van der Waals surface area contributed by atoms with Gasteiger partial charge in [-0.05, 0) is 43.3 Å². The van der Waals surface area contributed by atoms with Gasteiger partial charge in [-0.2, -0.15) is 4.98 Å². The molecule has 122 valence electrons. The van der Waals surface area contributed by atoms with E-state index in [1.807, 2.05) is 24.3 Å². The van der Waals surface area contributed by atoms with E-state index >= 15 is 0 Å². The Morgan fingerprint density at radius 1 is 1.17 bits per heavy atom. The standard InChI is InChI=1S/C18H19N5O/c1-13-12-24-10-9-23(13)16-6-4-15(5-7-16)21-18-20-11-14-3-2-8-19-17(14)22-18/h2-8,11,13H,9-10,12H2,1H3,(H,19,20,21,22). The zero-order valence-corrected chi connectivity index (χ0v) is 13.5. The van der Waals surface area contributed by atoms with E-state index < -0.39 is 0 Å². The molecule has 1 unspecified atom stereocenters. The van der Waals surface area contributed by atoms with Crippen LogP contribution in [0, 0.1) is 0 Å². The van der Waals surface area contributed by atoms with Crippen LogP contribution in [0.1, 0.15) is 6.92 Å². The van der Waals surface area contributed by atoms with Crippen molar-refractivity contribution in [2.45, 2.75) is 13.0 Å². The van der Waals surface area contributed by atoms with Crippen LogP contribution >= 0.6 is 0 Å². The summed E-state index contributed by atoms with van der Waals surface area (Å²) in [6.07, 6.45) is 3.51. The molecule has 24 heavy (non-hydrogen) atoms. The fourth-order valence-corrected chi connectivity index (χ4v) is 2.90. The molecule has 1 aromatic carbocycles. The van der Waals surface area contributed by atoms with Gasteiger partial charge in [0.05, 0.1) is 13.2 Å². The molecule has 1 fully saturated rings. The molecule has 1 N–H and O–H groups in total. The smallest absolute Gasteiger partial charge is 0.229 e. The molecule has 2 aromatic heterocycles. The molecule has 1 aliphatic rings. The number of morpholine rings is 1. The van der Waals surface area contributed by atoms with Gasteiger partial charge >= 0.3 is 0 Å².